The Morgan fingerprint density at radius 2 is 2.08 bits per heavy atom. The SMILES string of the molecule is CC(OC(=O)CCC1CCCC1)C(=O)Nc1cc([N+](=O)[O-])ccc1Cl. The van der Waals surface area contributed by atoms with Gasteiger partial charge in [0.25, 0.3) is 11.6 Å². The lowest BCUT2D eigenvalue weighted by Crippen LogP contribution is -2.30. The third kappa shape index (κ3) is 5.70. The number of halogens is 1. The highest BCUT2D eigenvalue weighted by atomic mass is 35.5. The predicted octanol–water partition coefficient (Wildman–Crippen LogP) is 4.09. The Morgan fingerprint density at radius 3 is 2.72 bits per heavy atom. The summed E-state index contributed by atoms with van der Waals surface area (Å²) in [5.74, 6) is -0.434. The average Bonchev–Trinajstić information content (AvgIpc) is 3.08. The van der Waals surface area contributed by atoms with Gasteiger partial charge in [-0.25, -0.2) is 0 Å². The Balaban J connectivity index is 1.86. The summed E-state index contributed by atoms with van der Waals surface area (Å²) in [5.41, 5.74) is -0.0874. The number of non-ortho nitro benzene ring substituents is 1. The van der Waals surface area contributed by atoms with Gasteiger partial charge in [0.1, 0.15) is 0 Å². The maximum Gasteiger partial charge on any atom is 0.306 e. The van der Waals surface area contributed by atoms with E-state index in [1.807, 2.05) is 0 Å². The van der Waals surface area contributed by atoms with E-state index in [4.69, 9.17) is 16.3 Å². The van der Waals surface area contributed by atoms with Crippen LogP contribution in [0.25, 0.3) is 0 Å². The summed E-state index contributed by atoms with van der Waals surface area (Å²) in [6.45, 7) is 1.45. The number of nitro groups is 1. The number of nitro benzene ring substituents is 1. The molecule has 1 aliphatic carbocycles. The molecule has 136 valence electrons. The second kappa shape index (κ2) is 8.80. The highest BCUT2D eigenvalue weighted by Crippen LogP contribution is 2.29. The van der Waals surface area contributed by atoms with Crippen molar-refractivity contribution in [2.24, 2.45) is 5.92 Å². The molecule has 1 N–H and O–H groups in total. The number of anilines is 1. The van der Waals surface area contributed by atoms with Gasteiger partial charge in [0.15, 0.2) is 6.10 Å². The van der Waals surface area contributed by atoms with E-state index >= 15 is 0 Å². The van der Waals surface area contributed by atoms with Crippen LogP contribution in [-0.4, -0.2) is 22.9 Å². The number of ether oxygens (including phenoxy) is 1. The molecule has 0 bridgehead atoms. The zero-order chi connectivity index (χ0) is 18.4. The molecule has 0 saturated heterocycles. The minimum atomic E-state index is -1.01. The fraction of sp³-hybridized carbons (Fsp3) is 0.529. The van der Waals surface area contributed by atoms with Crippen LogP contribution in [0.4, 0.5) is 11.4 Å². The molecule has 2 rings (SSSR count). The number of nitrogens with one attached hydrogen (secondary N) is 1. The molecule has 1 unspecified atom stereocenters. The van der Waals surface area contributed by atoms with Crippen molar-refractivity contribution in [1.29, 1.82) is 0 Å². The van der Waals surface area contributed by atoms with E-state index in [0.29, 0.717) is 12.3 Å². The van der Waals surface area contributed by atoms with Crippen LogP contribution in [0.2, 0.25) is 5.02 Å². The molecular formula is C17H21ClN2O5. The number of carbonyl (C=O) groups excluding carboxylic acids is 2. The molecule has 8 heteroatoms. The van der Waals surface area contributed by atoms with Gasteiger partial charge in [-0.1, -0.05) is 37.3 Å². The second-order valence-corrected chi connectivity index (χ2v) is 6.64. The molecule has 7 nitrogen and oxygen atoms in total. The minimum absolute atomic E-state index is 0.106. The molecule has 1 aromatic carbocycles. The molecule has 25 heavy (non-hydrogen) atoms. The van der Waals surface area contributed by atoms with E-state index in [1.54, 1.807) is 0 Å². The summed E-state index contributed by atoms with van der Waals surface area (Å²) in [6.07, 6.45) is 4.78. The predicted molar refractivity (Wildman–Crippen MR) is 93.5 cm³/mol. The average molecular weight is 369 g/mol. The summed E-state index contributed by atoms with van der Waals surface area (Å²) in [4.78, 5) is 34.2. The molecule has 0 radical (unpaired) electrons. The summed E-state index contributed by atoms with van der Waals surface area (Å²) in [7, 11) is 0. The maximum absolute atomic E-state index is 12.1. The van der Waals surface area contributed by atoms with E-state index in [0.717, 1.165) is 25.3 Å². The standard InChI is InChI=1S/C17H21ClN2O5/c1-11(25-16(21)9-6-12-4-2-3-5-12)17(22)19-15-10-13(20(23)24)7-8-14(15)18/h7-8,10-12H,2-6,9H2,1H3,(H,19,22). The van der Waals surface area contributed by atoms with Crippen LogP contribution >= 0.6 is 11.6 Å². The van der Waals surface area contributed by atoms with Crippen molar-refractivity contribution in [3.05, 3.63) is 33.3 Å². The summed E-state index contributed by atoms with van der Waals surface area (Å²) >= 11 is 5.93. The molecule has 0 heterocycles. The zero-order valence-electron chi connectivity index (χ0n) is 14.0. The molecule has 1 aromatic rings. The summed E-state index contributed by atoms with van der Waals surface area (Å²) < 4.78 is 5.13. The van der Waals surface area contributed by atoms with E-state index in [1.165, 1.54) is 31.9 Å². The number of rotatable bonds is 7. The van der Waals surface area contributed by atoms with Gasteiger partial charge in [-0.05, 0) is 25.3 Å². The van der Waals surface area contributed by atoms with E-state index in [-0.39, 0.29) is 16.4 Å². The molecule has 0 aromatic heterocycles. The first kappa shape index (κ1) is 19.2. The first-order valence-electron chi connectivity index (χ1n) is 8.31. The molecule has 1 amide bonds. The van der Waals surface area contributed by atoms with E-state index in [9.17, 15) is 19.7 Å². The van der Waals surface area contributed by atoms with Crippen LogP contribution < -0.4 is 5.32 Å². The van der Waals surface area contributed by atoms with Gasteiger partial charge in [-0.3, -0.25) is 19.7 Å². The highest BCUT2D eigenvalue weighted by molar-refractivity contribution is 6.33. The molecule has 1 aliphatic rings. The smallest absolute Gasteiger partial charge is 0.306 e. The fourth-order valence-electron chi connectivity index (χ4n) is 2.89. The topological polar surface area (TPSA) is 98.5 Å². The van der Waals surface area contributed by atoms with Gasteiger partial charge < -0.3 is 10.1 Å². The van der Waals surface area contributed by atoms with Gasteiger partial charge in [-0.15, -0.1) is 0 Å². The lowest BCUT2D eigenvalue weighted by Gasteiger charge is -2.15. The largest absolute Gasteiger partial charge is 0.453 e. The molecule has 1 saturated carbocycles. The molecule has 1 atom stereocenters. The molecule has 1 fully saturated rings. The number of nitrogens with zero attached hydrogens (tertiary/aromatic N) is 1. The quantitative estimate of drug-likeness (QED) is 0.444. The Bertz CT molecular complexity index is 658. The lowest BCUT2D eigenvalue weighted by molar-refractivity contribution is -0.384. The lowest BCUT2D eigenvalue weighted by atomic mass is 10.0. The van der Waals surface area contributed by atoms with Crippen LogP contribution in [0.3, 0.4) is 0 Å². The van der Waals surface area contributed by atoms with Crippen LogP contribution in [0.1, 0.15) is 45.4 Å². The zero-order valence-corrected chi connectivity index (χ0v) is 14.8. The Morgan fingerprint density at radius 1 is 1.40 bits per heavy atom. The van der Waals surface area contributed by atoms with Crippen LogP contribution in [0.5, 0.6) is 0 Å². The third-order valence-corrected chi connectivity index (χ3v) is 4.66. The van der Waals surface area contributed by atoms with E-state index in [2.05, 4.69) is 5.32 Å². The number of hydrogen-bond acceptors (Lipinski definition) is 5. The fourth-order valence-corrected chi connectivity index (χ4v) is 3.05. The van der Waals surface area contributed by atoms with Gasteiger partial charge in [-0.2, -0.15) is 0 Å². The third-order valence-electron chi connectivity index (χ3n) is 4.33. The van der Waals surface area contributed by atoms with Crippen molar-refractivity contribution in [3.63, 3.8) is 0 Å². The maximum atomic E-state index is 12.1. The highest BCUT2D eigenvalue weighted by Gasteiger charge is 2.22. The van der Waals surface area contributed by atoms with Crippen molar-refractivity contribution in [1.82, 2.24) is 0 Å². The van der Waals surface area contributed by atoms with Gasteiger partial charge >= 0.3 is 5.97 Å². The summed E-state index contributed by atoms with van der Waals surface area (Å²) in [5, 5.41) is 13.4. The van der Waals surface area contributed by atoms with Crippen LogP contribution in [0, 0.1) is 16.0 Å². The monoisotopic (exact) mass is 368 g/mol. The van der Waals surface area contributed by atoms with E-state index < -0.39 is 22.9 Å². The summed E-state index contributed by atoms with van der Waals surface area (Å²) in [6, 6.07) is 3.73. The first-order valence-corrected chi connectivity index (χ1v) is 8.69. The number of amides is 1. The number of hydrogen-bond donors (Lipinski definition) is 1. The van der Waals surface area contributed by atoms with Crippen LogP contribution in [-0.2, 0) is 14.3 Å². The number of benzene rings is 1. The molecular weight excluding hydrogens is 348 g/mol. The number of carbonyl (C=O) groups is 2. The number of esters is 1. The second-order valence-electron chi connectivity index (χ2n) is 6.23. The first-order chi connectivity index (χ1) is 11.9. The van der Waals surface area contributed by atoms with Crippen LogP contribution in [0.15, 0.2) is 18.2 Å². The van der Waals surface area contributed by atoms with Crippen molar-refractivity contribution < 1.29 is 19.2 Å². The van der Waals surface area contributed by atoms with Crippen molar-refractivity contribution >= 4 is 34.9 Å². The Hall–Kier alpha value is -2.15. The Kier molecular flexibility index (Phi) is 6.75. The van der Waals surface area contributed by atoms with Gasteiger partial charge in [0.05, 0.1) is 15.6 Å². The normalized spacial score (nSPS) is 15.6. The van der Waals surface area contributed by atoms with Crippen molar-refractivity contribution in [2.75, 3.05) is 5.32 Å². The van der Waals surface area contributed by atoms with Crippen molar-refractivity contribution in [2.45, 2.75) is 51.6 Å². The van der Waals surface area contributed by atoms with Gasteiger partial charge in [0, 0.05) is 18.6 Å². The molecule has 0 aliphatic heterocycles. The Labute approximate surface area is 150 Å². The van der Waals surface area contributed by atoms with Crippen molar-refractivity contribution in [3.8, 4) is 0 Å². The minimum Gasteiger partial charge on any atom is -0.453 e. The van der Waals surface area contributed by atoms with Gasteiger partial charge in [0.2, 0.25) is 0 Å². The molecule has 0 spiro atoms.